The zero-order chi connectivity index (χ0) is 15.7. The summed E-state index contributed by atoms with van der Waals surface area (Å²) in [6.07, 6.45) is 0. The highest BCUT2D eigenvalue weighted by molar-refractivity contribution is 5.33. The molecule has 0 aliphatic heterocycles. The van der Waals surface area contributed by atoms with E-state index in [1.807, 2.05) is 6.07 Å². The van der Waals surface area contributed by atoms with Gasteiger partial charge in [0.1, 0.15) is 12.4 Å². The predicted molar refractivity (Wildman–Crippen MR) is 90.0 cm³/mol. The Morgan fingerprint density at radius 3 is 2.43 bits per heavy atom. The fourth-order valence-corrected chi connectivity index (χ4v) is 1.90. The van der Waals surface area contributed by atoms with Crippen molar-refractivity contribution in [3.05, 3.63) is 29.8 Å². The fraction of sp³-hybridized carbons (Fsp3) is 0.647. The third-order valence-corrected chi connectivity index (χ3v) is 3.33. The Hall–Kier alpha value is -1.10. The van der Waals surface area contributed by atoms with Crippen LogP contribution in [-0.2, 0) is 6.54 Å². The SMILES string of the molecule is CC(C)NCc1ccccc1OCCN(C)CCN(C)C. The highest BCUT2D eigenvalue weighted by Gasteiger charge is 2.05. The third kappa shape index (κ3) is 8.05. The fourth-order valence-electron chi connectivity index (χ4n) is 1.90. The van der Waals surface area contributed by atoms with Gasteiger partial charge in [0.15, 0.2) is 0 Å². The molecule has 0 spiro atoms. The van der Waals surface area contributed by atoms with E-state index in [2.05, 4.69) is 68.3 Å². The molecule has 21 heavy (non-hydrogen) atoms. The van der Waals surface area contributed by atoms with Crippen molar-refractivity contribution in [2.24, 2.45) is 0 Å². The van der Waals surface area contributed by atoms with Crippen molar-refractivity contribution in [1.29, 1.82) is 0 Å². The molecular formula is C17H31N3O. The highest BCUT2D eigenvalue weighted by atomic mass is 16.5. The van der Waals surface area contributed by atoms with Crippen molar-refractivity contribution >= 4 is 0 Å². The lowest BCUT2D eigenvalue weighted by atomic mass is 10.2. The molecule has 0 aromatic heterocycles. The van der Waals surface area contributed by atoms with Crippen LogP contribution in [0.5, 0.6) is 5.75 Å². The summed E-state index contributed by atoms with van der Waals surface area (Å²) >= 11 is 0. The van der Waals surface area contributed by atoms with Gasteiger partial charge in [-0.3, -0.25) is 0 Å². The van der Waals surface area contributed by atoms with Gasteiger partial charge in [-0.1, -0.05) is 32.0 Å². The molecule has 0 amide bonds. The summed E-state index contributed by atoms with van der Waals surface area (Å²) in [6.45, 7) is 8.97. The molecule has 0 radical (unpaired) electrons. The van der Waals surface area contributed by atoms with Gasteiger partial charge in [0.25, 0.3) is 0 Å². The molecule has 0 atom stereocenters. The Morgan fingerprint density at radius 1 is 1.05 bits per heavy atom. The normalized spacial score (nSPS) is 11.6. The zero-order valence-corrected chi connectivity index (χ0v) is 14.2. The molecule has 0 heterocycles. The first-order valence-corrected chi connectivity index (χ1v) is 7.76. The van der Waals surface area contributed by atoms with Gasteiger partial charge >= 0.3 is 0 Å². The molecule has 1 rings (SSSR count). The van der Waals surface area contributed by atoms with Crippen LogP contribution in [0.1, 0.15) is 19.4 Å². The number of benzene rings is 1. The van der Waals surface area contributed by atoms with Crippen LogP contribution in [0, 0.1) is 0 Å². The van der Waals surface area contributed by atoms with Crippen LogP contribution < -0.4 is 10.1 Å². The summed E-state index contributed by atoms with van der Waals surface area (Å²) in [4.78, 5) is 4.50. The Balaban J connectivity index is 2.37. The Kier molecular flexibility index (Phi) is 8.35. The van der Waals surface area contributed by atoms with E-state index in [1.165, 1.54) is 5.56 Å². The number of hydrogen-bond donors (Lipinski definition) is 1. The summed E-state index contributed by atoms with van der Waals surface area (Å²) in [5, 5.41) is 3.44. The topological polar surface area (TPSA) is 27.7 Å². The molecule has 0 fully saturated rings. The molecule has 4 heteroatoms. The van der Waals surface area contributed by atoms with Crippen molar-refractivity contribution in [3.8, 4) is 5.75 Å². The van der Waals surface area contributed by atoms with Crippen LogP contribution in [0.15, 0.2) is 24.3 Å². The van der Waals surface area contributed by atoms with Gasteiger partial charge in [0.05, 0.1) is 0 Å². The summed E-state index contributed by atoms with van der Waals surface area (Å²) in [6, 6.07) is 8.75. The molecule has 0 saturated heterocycles. The van der Waals surface area contributed by atoms with Gasteiger partial charge in [-0.25, -0.2) is 0 Å². The highest BCUT2D eigenvalue weighted by Crippen LogP contribution is 2.17. The first-order valence-electron chi connectivity index (χ1n) is 7.76. The second kappa shape index (κ2) is 9.77. The van der Waals surface area contributed by atoms with Gasteiger partial charge in [-0.15, -0.1) is 0 Å². The van der Waals surface area contributed by atoms with E-state index < -0.39 is 0 Å². The molecule has 1 N–H and O–H groups in total. The molecule has 0 aliphatic carbocycles. The van der Waals surface area contributed by atoms with Crippen molar-refractivity contribution in [3.63, 3.8) is 0 Å². The molecule has 120 valence electrons. The monoisotopic (exact) mass is 293 g/mol. The van der Waals surface area contributed by atoms with Crippen molar-refractivity contribution in [2.45, 2.75) is 26.4 Å². The minimum Gasteiger partial charge on any atom is -0.492 e. The number of nitrogens with one attached hydrogen (secondary N) is 1. The maximum Gasteiger partial charge on any atom is 0.123 e. The quantitative estimate of drug-likeness (QED) is 0.714. The Morgan fingerprint density at radius 2 is 1.76 bits per heavy atom. The minimum atomic E-state index is 0.482. The van der Waals surface area contributed by atoms with Crippen molar-refractivity contribution < 1.29 is 4.74 Å². The molecule has 1 aromatic rings. The van der Waals surface area contributed by atoms with E-state index in [0.717, 1.165) is 38.5 Å². The number of hydrogen-bond acceptors (Lipinski definition) is 4. The van der Waals surface area contributed by atoms with Crippen molar-refractivity contribution in [2.75, 3.05) is 47.4 Å². The summed E-state index contributed by atoms with van der Waals surface area (Å²) < 4.78 is 5.95. The van der Waals surface area contributed by atoms with Crippen LogP contribution in [0.2, 0.25) is 0 Å². The molecule has 0 saturated carbocycles. The molecule has 0 unspecified atom stereocenters. The molecular weight excluding hydrogens is 262 g/mol. The van der Waals surface area contributed by atoms with Gasteiger partial charge < -0.3 is 19.9 Å². The molecule has 1 aromatic carbocycles. The maximum absolute atomic E-state index is 5.95. The zero-order valence-electron chi connectivity index (χ0n) is 14.2. The van der Waals surface area contributed by atoms with E-state index in [9.17, 15) is 0 Å². The van der Waals surface area contributed by atoms with E-state index in [-0.39, 0.29) is 0 Å². The van der Waals surface area contributed by atoms with Crippen molar-refractivity contribution in [1.82, 2.24) is 15.1 Å². The second-order valence-electron chi connectivity index (χ2n) is 6.10. The van der Waals surface area contributed by atoms with Crippen LogP contribution in [0.25, 0.3) is 0 Å². The van der Waals surface area contributed by atoms with E-state index in [1.54, 1.807) is 0 Å². The number of likely N-dealkylation sites (N-methyl/N-ethyl adjacent to an activating group) is 2. The summed E-state index contributed by atoms with van der Waals surface area (Å²) in [7, 11) is 6.34. The van der Waals surface area contributed by atoms with Crippen LogP contribution in [-0.4, -0.2) is 63.2 Å². The second-order valence-corrected chi connectivity index (χ2v) is 6.10. The Bertz CT molecular complexity index is 393. The molecule has 0 bridgehead atoms. The standard InChI is InChI=1S/C17H31N3O/c1-15(2)18-14-16-8-6-7-9-17(16)21-13-12-20(5)11-10-19(3)4/h6-9,15,18H,10-14H2,1-5H3. The summed E-state index contributed by atoms with van der Waals surface area (Å²) in [5.41, 5.74) is 1.22. The van der Waals surface area contributed by atoms with Gasteiger partial charge in [0, 0.05) is 37.8 Å². The average molecular weight is 293 g/mol. The smallest absolute Gasteiger partial charge is 0.123 e. The van der Waals surface area contributed by atoms with E-state index >= 15 is 0 Å². The predicted octanol–water partition coefficient (Wildman–Crippen LogP) is 2.06. The first-order chi connectivity index (χ1) is 9.99. The van der Waals surface area contributed by atoms with Gasteiger partial charge in [-0.05, 0) is 27.2 Å². The molecule has 0 aliphatic rings. The van der Waals surface area contributed by atoms with E-state index in [4.69, 9.17) is 4.74 Å². The number of rotatable bonds is 10. The lowest BCUT2D eigenvalue weighted by Gasteiger charge is -2.20. The Labute approximate surface area is 130 Å². The maximum atomic E-state index is 5.95. The number of para-hydroxylation sites is 1. The first kappa shape index (κ1) is 18.0. The van der Waals surface area contributed by atoms with Crippen LogP contribution in [0.3, 0.4) is 0 Å². The largest absolute Gasteiger partial charge is 0.492 e. The lowest BCUT2D eigenvalue weighted by molar-refractivity contribution is 0.221. The van der Waals surface area contributed by atoms with E-state index in [0.29, 0.717) is 6.04 Å². The average Bonchev–Trinajstić information content (AvgIpc) is 2.44. The van der Waals surface area contributed by atoms with Crippen LogP contribution in [0.4, 0.5) is 0 Å². The number of ether oxygens (including phenoxy) is 1. The van der Waals surface area contributed by atoms with Crippen LogP contribution >= 0.6 is 0 Å². The molecule has 4 nitrogen and oxygen atoms in total. The van der Waals surface area contributed by atoms with Gasteiger partial charge in [0.2, 0.25) is 0 Å². The van der Waals surface area contributed by atoms with Gasteiger partial charge in [-0.2, -0.15) is 0 Å². The summed E-state index contributed by atoms with van der Waals surface area (Å²) in [5.74, 6) is 0.992. The minimum absolute atomic E-state index is 0.482. The number of nitrogens with zero attached hydrogens (tertiary/aromatic N) is 2. The lowest BCUT2D eigenvalue weighted by Crippen LogP contribution is -2.31. The third-order valence-electron chi connectivity index (χ3n) is 3.33.